The Balaban J connectivity index is 1.68. The van der Waals surface area contributed by atoms with E-state index in [0.29, 0.717) is 30.1 Å². The summed E-state index contributed by atoms with van der Waals surface area (Å²) in [4.78, 5) is 12.6. The molecule has 0 bridgehead atoms. The van der Waals surface area contributed by atoms with Gasteiger partial charge in [-0.1, -0.05) is 6.07 Å². The fourth-order valence-electron chi connectivity index (χ4n) is 5.79. The third-order valence-electron chi connectivity index (χ3n) is 6.78. The van der Waals surface area contributed by atoms with E-state index in [1.54, 1.807) is 14.2 Å². The Labute approximate surface area is 138 Å². The lowest BCUT2D eigenvalue weighted by atomic mass is 9.55. The van der Waals surface area contributed by atoms with Crippen LogP contribution in [0.4, 0.5) is 0 Å². The number of ketones is 1. The summed E-state index contributed by atoms with van der Waals surface area (Å²) in [5, 5.41) is 0. The van der Waals surface area contributed by atoms with Gasteiger partial charge in [0.2, 0.25) is 0 Å². The molecule has 0 unspecified atom stereocenters. The van der Waals surface area contributed by atoms with E-state index in [-0.39, 0.29) is 5.41 Å². The zero-order valence-electron chi connectivity index (χ0n) is 14.1. The van der Waals surface area contributed by atoms with Crippen LogP contribution >= 0.6 is 0 Å². The second kappa shape index (κ2) is 5.62. The minimum Gasteiger partial charge on any atom is -0.497 e. The fourth-order valence-corrected chi connectivity index (χ4v) is 5.79. The van der Waals surface area contributed by atoms with Gasteiger partial charge in [-0.15, -0.1) is 0 Å². The smallest absolute Gasteiger partial charge is 0.141 e. The van der Waals surface area contributed by atoms with Crippen LogP contribution in [0.5, 0.6) is 5.75 Å². The van der Waals surface area contributed by atoms with Crippen molar-refractivity contribution in [2.75, 3.05) is 20.8 Å². The molecule has 0 N–H and O–H groups in total. The lowest BCUT2D eigenvalue weighted by molar-refractivity contribution is -0.135. The molecule has 2 fully saturated rings. The molecule has 0 saturated heterocycles. The van der Waals surface area contributed by atoms with Crippen molar-refractivity contribution >= 4 is 5.78 Å². The second-order valence-corrected chi connectivity index (χ2v) is 7.57. The first-order valence-corrected chi connectivity index (χ1v) is 8.88. The van der Waals surface area contributed by atoms with Crippen molar-refractivity contribution in [1.82, 2.24) is 0 Å². The molecular weight excluding hydrogens is 288 g/mol. The zero-order chi connectivity index (χ0) is 16.0. The van der Waals surface area contributed by atoms with Crippen molar-refractivity contribution in [2.45, 2.75) is 44.4 Å². The van der Waals surface area contributed by atoms with E-state index in [4.69, 9.17) is 9.47 Å². The van der Waals surface area contributed by atoms with Gasteiger partial charge in [0.25, 0.3) is 0 Å². The van der Waals surface area contributed by atoms with E-state index < -0.39 is 0 Å². The molecule has 3 heteroatoms. The number of rotatable bonds is 3. The number of carbonyl (C=O) groups is 1. The largest absolute Gasteiger partial charge is 0.497 e. The van der Waals surface area contributed by atoms with Crippen LogP contribution in [0.2, 0.25) is 0 Å². The molecule has 0 aliphatic heterocycles. The molecule has 3 aliphatic carbocycles. The first-order valence-electron chi connectivity index (χ1n) is 8.88. The van der Waals surface area contributed by atoms with Crippen LogP contribution in [-0.4, -0.2) is 26.6 Å². The molecule has 23 heavy (non-hydrogen) atoms. The van der Waals surface area contributed by atoms with Gasteiger partial charge < -0.3 is 9.47 Å². The van der Waals surface area contributed by atoms with Crippen LogP contribution in [0, 0.1) is 17.3 Å². The monoisotopic (exact) mass is 314 g/mol. The average molecular weight is 314 g/mol. The highest BCUT2D eigenvalue weighted by atomic mass is 16.5. The lowest BCUT2D eigenvalue weighted by Gasteiger charge is -2.49. The summed E-state index contributed by atoms with van der Waals surface area (Å²) >= 11 is 0. The van der Waals surface area contributed by atoms with E-state index in [0.717, 1.165) is 37.9 Å². The molecule has 0 amide bonds. The molecule has 3 nitrogen and oxygen atoms in total. The molecule has 1 aromatic carbocycles. The number of hydrogen-bond donors (Lipinski definition) is 0. The Kier molecular flexibility index (Phi) is 3.72. The van der Waals surface area contributed by atoms with Crippen molar-refractivity contribution in [1.29, 1.82) is 0 Å². The Hall–Kier alpha value is -1.35. The molecule has 4 rings (SSSR count). The second-order valence-electron chi connectivity index (χ2n) is 7.57. The maximum Gasteiger partial charge on any atom is 0.141 e. The number of aryl methyl sites for hydroxylation is 1. The Morgan fingerprint density at radius 2 is 2.04 bits per heavy atom. The standard InChI is InChI=1S/C20H26O3/c1-22-12-20-10-9-16-15-6-4-14(23-2)11-13(15)3-5-17(16)18(20)7-8-19(20)21/h4,6,11,16-18H,3,5,7-10,12H2,1-2H3/t16-,17-,18+,20-/m1/s1. The summed E-state index contributed by atoms with van der Waals surface area (Å²) in [5.74, 6) is 3.20. The zero-order valence-corrected chi connectivity index (χ0v) is 14.1. The molecule has 1 aromatic rings. The minimum atomic E-state index is -0.181. The number of Topliss-reactive ketones (excluding diaryl/α,β-unsaturated/α-hetero) is 1. The Bertz CT molecular complexity index is 623. The van der Waals surface area contributed by atoms with Crippen molar-refractivity contribution in [3.05, 3.63) is 29.3 Å². The van der Waals surface area contributed by atoms with E-state index in [9.17, 15) is 4.79 Å². The lowest BCUT2D eigenvalue weighted by Crippen LogP contribution is -2.46. The maximum atomic E-state index is 12.6. The van der Waals surface area contributed by atoms with E-state index in [1.807, 2.05) is 0 Å². The molecule has 0 radical (unpaired) electrons. The number of benzene rings is 1. The highest BCUT2D eigenvalue weighted by Crippen LogP contribution is 2.59. The Morgan fingerprint density at radius 3 is 2.83 bits per heavy atom. The van der Waals surface area contributed by atoms with E-state index >= 15 is 0 Å². The molecule has 0 heterocycles. The molecule has 4 atom stereocenters. The van der Waals surface area contributed by atoms with Crippen LogP contribution in [0.25, 0.3) is 0 Å². The molecule has 0 aromatic heterocycles. The summed E-state index contributed by atoms with van der Waals surface area (Å²) in [6.07, 6.45) is 6.25. The summed E-state index contributed by atoms with van der Waals surface area (Å²) in [6.45, 7) is 0.620. The fraction of sp³-hybridized carbons (Fsp3) is 0.650. The third-order valence-corrected chi connectivity index (χ3v) is 6.78. The van der Waals surface area contributed by atoms with Crippen molar-refractivity contribution in [3.8, 4) is 5.75 Å². The molecular formula is C20H26O3. The minimum absolute atomic E-state index is 0.181. The summed E-state index contributed by atoms with van der Waals surface area (Å²) in [6, 6.07) is 6.57. The van der Waals surface area contributed by atoms with Gasteiger partial charge in [0.05, 0.1) is 19.1 Å². The molecule has 0 spiro atoms. The topological polar surface area (TPSA) is 35.5 Å². The van der Waals surface area contributed by atoms with Crippen LogP contribution in [0.15, 0.2) is 18.2 Å². The van der Waals surface area contributed by atoms with Crippen molar-refractivity contribution in [3.63, 3.8) is 0 Å². The molecule has 2 saturated carbocycles. The number of fused-ring (bicyclic) bond motifs is 5. The highest BCUT2D eigenvalue weighted by molar-refractivity contribution is 5.87. The quantitative estimate of drug-likeness (QED) is 0.852. The van der Waals surface area contributed by atoms with Gasteiger partial charge in [-0.25, -0.2) is 0 Å². The number of hydrogen-bond acceptors (Lipinski definition) is 3. The van der Waals surface area contributed by atoms with Gasteiger partial charge in [-0.2, -0.15) is 0 Å². The van der Waals surface area contributed by atoms with Crippen LogP contribution < -0.4 is 4.74 Å². The first-order chi connectivity index (χ1) is 11.2. The number of carbonyl (C=O) groups excluding carboxylic acids is 1. The van der Waals surface area contributed by atoms with Gasteiger partial charge in [-0.05, 0) is 73.1 Å². The van der Waals surface area contributed by atoms with Crippen LogP contribution in [0.1, 0.15) is 49.1 Å². The maximum absolute atomic E-state index is 12.6. The first kappa shape index (κ1) is 15.2. The van der Waals surface area contributed by atoms with Crippen LogP contribution in [-0.2, 0) is 16.0 Å². The van der Waals surface area contributed by atoms with Gasteiger partial charge in [0, 0.05) is 13.5 Å². The highest BCUT2D eigenvalue weighted by Gasteiger charge is 2.57. The summed E-state index contributed by atoms with van der Waals surface area (Å²) in [5.41, 5.74) is 2.78. The number of ether oxygens (including phenoxy) is 2. The van der Waals surface area contributed by atoms with Crippen molar-refractivity contribution < 1.29 is 14.3 Å². The summed E-state index contributed by atoms with van der Waals surface area (Å²) < 4.78 is 10.9. The summed E-state index contributed by atoms with van der Waals surface area (Å²) in [7, 11) is 3.48. The van der Waals surface area contributed by atoms with E-state index in [2.05, 4.69) is 18.2 Å². The van der Waals surface area contributed by atoms with E-state index in [1.165, 1.54) is 17.5 Å². The van der Waals surface area contributed by atoms with Gasteiger partial charge >= 0.3 is 0 Å². The number of methoxy groups -OCH3 is 2. The third kappa shape index (κ3) is 2.16. The van der Waals surface area contributed by atoms with Gasteiger partial charge in [0.15, 0.2) is 0 Å². The van der Waals surface area contributed by atoms with Crippen molar-refractivity contribution in [2.24, 2.45) is 17.3 Å². The normalized spacial score (nSPS) is 35.4. The SMILES string of the molecule is COC[C@]12CC[C@@H]3c4ccc(OC)cc4CC[C@H]3[C@@H]1CCC2=O. The Morgan fingerprint density at radius 1 is 1.17 bits per heavy atom. The van der Waals surface area contributed by atoms with Gasteiger partial charge in [0.1, 0.15) is 11.5 Å². The van der Waals surface area contributed by atoms with Gasteiger partial charge in [-0.3, -0.25) is 4.79 Å². The predicted octanol–water partition coefficient (Wildman–Crippen LogP) is 3.75. The van der Waals surface area contributed by atoms with Crippen LogP contribution in [0.3, 0.4) is 0 Å². The molecule has 3 aliphatic rings. The average Bonchev–Trinajstić information content (AvgIpc) is 2.91. The molecule has 124 valence electrons. The predicted molar refractivity (Wildman–Crippen MR) is 88.8 cm³/mol.